The minimum atomic E-state index is 0.695. The molecule has 5 heteroatoms. The lowest BCUT2D eigenvalue weighted by Gasteiger charge is -2.26. The van der Waals surface area contributed by atoms with E-state index in [2.05, 4.69) is 29.1 Å². The molecule has 0 amide bonds. The summed E-state index contributed by atoms with van der Waals surface area (Å²) in [5.41, 5.74) is 0. The summed E-state index contributed by atoms with van der Waals surface area (Å²) < 4.78 is 5.35. The molecular weight excluding hydrogens is 258 g/mol. The molecule has 2 heterocycles. The number of nitrogens with one attached hydrogen (secondary N) is 1. The van der Waals surface area contributed by atoms with Crippen molar-refractivity contribution in [3.63, 3.8) is 0 Å². The molecule has 1 atom stereocenters. The lowest BCUT2D eigenvalue weighted by Crippen LogP contribution is -2.40. The largest absolute Gasteiger partial charge is 0.379 e. The van der Waals surface area contributed by atoms with Crippen LogP contribution in [0.3, 0.4) is 0 Å². The van der Waals surface area contributed by atoms with Gasteiger partial charge in [0.25, 0.3) is 0 Å². The molecule has 110 valence electrons. The second-order valence-electron chi connectivity index (χ2n) is 5.26. The molecule has 0 aliphatic carbocycles. The van der Waals surface area contributed by atoms with Crippen LogP contribution in [0.1, 0.15) is 26.7 Å². The van der Waals surface area contributed by atoms with Gasteiger partial charge in [0.05, 0.1) is 19.8 Å². The molecule has 1 saturated heterocycles. The van der Waals surface area contributed by atoms with E-state index in [1.165, 1.54) is 12.8 Å². The van der Waals surface area contributed by atoms with Crippen molar-refractivity contribution in [3.05, 3.63) is 0 Å². The fourth-order valence-corrected chi connectivity index (χ4v) is 4.04. The van der Waals surface area contributed by atoms with Crippen LogP contribution in [-0.2, 0) is 4.74 Å². The smallest absolute Gasteiger partial charge is 0.156 e. The van der Waals surface area contributed by atoms with Crippen LogP contribution < -0.4 is 5.32 Å². The average Bonchev–Trinajstić information content (AvgIpc) is 2.90. The summed E-state index contributed by atoms with van der Waals surface area (Å²) in [5.74, 6) is 0.812. The van der Waals surface area contributed by atoms with Crippen molar-refractivity contribution in [1.29, 1.82) is 0 Å². The molecule has 0 radical (unpaired) electrons. The molecular formula is C14H27N3OS. The van der Waals surface area contributed by atoms with E-state index in [4.69, 9.17) is 4.74 Å². The molecule has 0 aromatic heterocycles. The predicted octanol–water partition coefficient (Wildman–Crippen LogP) is 1.82. The Morgan fingerprint density at radius 2 is 2.11 bits per heavy atom. The van der Waals surface area contributed by atoms with E-state index < -0.39 is 0 Å². The normalized spacial score (nSPS) is 24.8. The first-order valence-corrected chi connectivity index (χ1v) is 8.46. The summed E-state index contributed by atoms with van der Waals surface area (Å²) in [6.07, 6.45) is 2.54. The number of morpholine rings is 1. The standard InChI is InChI=1S/C14H27N3OS/c1-3-12(4-2)13-11-16-14(19-13)15-5-6-17-7-9-18-10-8-17/h12-13H,3-11H2,1-2H3,(H,15,16). The van der Waals surface area contributed by atoms with Crippen LogP contribution >= 0.6 is 11.8 Å². The summed E-state index contributed by atoms with van der Waals surface area (Å²) in [6, 6.07) is 0. The first kappa shape index (κ1) is 15.1. The summed E-state index contributed by atoms with van der Waals surface area (Å²) in [7, 11) is 0. The van der Waals surface area contributed by atoms with Crippen molar-refractivity contribution in [1.82, 2.24) is 10.2 Å². The van der Waals surface area contributed by atoms with Gasteiger partial charge in [-0.15, -0.1) is 0 Å². The van der Waals surface area contributed by atoms with Gasteiger partial charge in [0.15, 0.2) is 5.17 Å². The highest BCUT2D eigenvalue weighted by molar-refractivity contribution is 8.14. The second-order valence-corrected chi connectivity index (χ2v) is 6.49. The number of ether oxygens (including phenoxy) is 1. The molecule has 1 N–H and O–H groups in total. The van der Waals surface area contributed by atoms with E-state index in [1.54, 1.807) is 0 Å². The van der Waals surface area contributed by atoms with Crippen molar-refractivity contribution >= 4 is 16.9 Å². The fourth-order valence-electron chi connectivity index (χ4n) is 2.69. The number of rotatable bonds is 6. The van der Waals surface area contributed by atoms with E-state index in [1.807, 2.05) is 11.8 Å². The molecule has 2 aliphatic heterocycles. The molecule has 0 aromatic carbocycles. The number of hydrogen-bond acceptors (Lipinski definition) is 5. The summed E-state index contributed by atoms with van der Waals surface area (Å²) in [5, 5.41) is 5.35. The van der Waals surface area contributed by atoms with E-state index in [0.717, 1.165) is 57.0 Å². The first-order chi connectivity index (χ1) is 9.33. The van der Waals surface area contributed by atoms with Crippen LogP contribution in [-0.4, -0.2) is 61.3 Å². The van der Waals surface area contributed by atoms with Gasteiger partial charge in [-0.2, -0.15) is 0 Å². The van der Waals surface area contributed by atoms with E-state index in [-0.39, 0.29) is 0 Å². The van der Waals surface area contributed by atoms with E-state index in [9.17, 15) is 0 Å². The van der Waals surface area contributed by atoms with Crippen LogP contribution in [0.2, 0.25) is 0 Å². The third-order valence-electron chi connectivity index (χ3n) is 4.06. The quantitative estimate of drug-likeness (QED) is 0.807. The van der Waals surface area contributed by atoms with Crippen molar-refractivity contribution in [2.45, 2.75) is 31.9 Å². The Labute approximate surface area is 121 Å². The third-order valence-corrected chi connectivity index (χ3v) is 5.39. The number of nitrogens with zero attached hydrogens (tertiary/aromatic N) is 2. The van der Waals surface area contributed by atoms with E-state index in [0.29, 0.717) is 5.25 Å². The van der Waals surface area contributed by atoms with Gasteiger partial charge < -0.3 is 10.1 Å². The number of thioether (sulfide) groups is 1. The highest BCUT2D eigenvalue weighted by Gasteiger charge is 2.25. The van der Waals surface area contributed by atoms with Crippen LogP contribution in [0.5, 0.6) is 0 Å². The van der Waals surface area contributed by atoms with Crippen LogP contribution in [0.15, 0.2) is 4.99 Å². The summed E-state index contributed by atoms with van der Waals surface area (Å²) >= 11 is 1.95. The van der Waals surface area contributed by atoms with E-state index >= 15 is 0 Å². The van der Waals surface area contributed by atoms with Crippen molar-refractivity contribution in [2.75, 3.05) is 45.9 Å². The van der Waals surface area contributed by atoms with Crippen LogP contribution in [0, 0.1) is 5.92 Å². The monoisotopic (exact) mass is 285 g/mol. The minimum Gasteiger partial charge on any atom is -0.379 e. The highest BCUT2D eigenvalue weighted by Crippen LogP contribution is 2.30. The van der Waals surface area contributed by atoms with Gasteiger partial charge in [0.1, 0.15) is 0 Å². The highest BCUT2D eigenvalue weighted by atomic mass is 32.2. The van der Waals surface area contributed by atoms with Gasteiger partial charge >= 0.3 is 0 Å². The lowest BCUT2D eigenvalue weighted by atomic mass is 9.99. The Morgan fingerprint density at radius 1 is 1.37 bits per heavy atom. The predicted molar refractivity (Wildman–Crippen MR) is 83.0 cm³/mol. The Balaban J connectivity index is 1.62. The Hall–Kier alpha value is -0.260. The molecule has 0 bridgehead atoms. The van der Waals surface area contributed by atoms with Crippen LogP contribution in [0.4, 0.5) is 0 Å². The molecule has 1 fully saturated rings. The number of aliphatic imine (C=N–C) groups is 1. The molecule has 4 nitrogen and oxygen atoms in total. The molecule has 0 spiro atoms. The second kappa shape index (κ2) is 8.12. The molecule has 19 heavy (non-hydrogen) atoms. The average molecular weight is 285 g/mol. The van der Waals surface area contributed by atoms with Crippen molar-refractivity contribution in [2.24, 2.45) is 10.9 Å². The Kier molecular flexibility index (Phi) is 6.47. The zero-order valence-electron chi connectivity index (χ0n) is 12.2. The maximum absolute atomic E-state index is 5.35. The first-order valence-electron chi connectivity index (χ1n) is 7.58. The van der Waals surface area contributed by atoms with Gasteiger partial charge in [-0.25, -0.2) is 0 Å². The third kappa shape index (κ3) is 4.65. The fraction of sp³-hybridized carbons (Fsp3) is 0.929. The SMILES string of the molecule is CCC(CC)C1CN=C(NCCN2CCOCC2)S1. The lowest BCUT2D eigenvalue weighted by molar-refractivity contribution is 0.0389. The maximum Gasteiger partial charge on any atom is 0.156 e. The van der Waals surface area contributed by atoms with Gasteiger partial charge in [0, 0.05) is 31.4 Å². The van der Waals surface area contributed by atoms with Gasteiger partial charge in [-0.05, 0) is 5.92 Å². The van der Waals surface area contributed by atoms with Crippen molar-refractivity contribution in [3.8, 4) is 0 Å². The summed E-state index contributed by atoms with van der Waals surface area (Å²) in [4.78, 5) is 7.10. The maximum atomic E-state index is 5.35. The number of amidine groups is 1. The molecule has 0 saturated carbocycles. The molecule has 2 rings (SSSR count). The van der Waals surface area contributed by atoms with Gasteiger partial charge in [-0.3, -0.25) is 9.89 Å². The Bertz CT molecular complexity index is 288. The van der Waals surface area contributed by atoms with Gasteiger partial charge in [-0.1, -0.05) is 38.5 Å². The zero-order valence-corrected chi connectivity index (χ0v) is 13.0. The molecule has 1 unspecified atom stereocenters. The van der Waals surface area contributed by atoms with Gasteiger partial charge in [0.2, 0.25) is 0 Å². The minimum absolute atomic E-state index is 0.695. The van der Waals surface area contributed by atoms with Crippen molar-refractivity contribution < 1.29 is 4.74 Å². The number of hydrogen-bond donors (Lipinski definition) is 1. The zero-order chi connectivity index (χ0) is 13.5. The molecule has 0 aromatic rings. The summed E-state index contributed by atoms with van der Waals surface area (Å²) in [6.45, 7) is 11.6. The topological polar surface area (TPSA) is 36.9 Å². The Morgan fingerprint density at radius 3 is 2.79 bits per heavy atom. The van der Waals surface area contributed by atoms with Crippen LogP contribution in [0.25, 0.3) is 0 Å². The molecule has 2 aliphatic rings.